The number of phenols is 1. The highest BCUT2D eigenvalue weighted by atomic mass is 16.3. The monoisotopic (exact) mass is 374 g/mol. The normalized spacial score (nSPS) is 27.8. The van der Waals surface area contributed by atoms with E-state index in [4.69, 9.17) is 4.99 Å². The van der Waals surface area contributed by atoms with Crippen molar-refractivity contribution in [3.05, 3.63) is 88.3 Å². The lowest BCUT2D eigenvalue weighted by Crippen LogP contribution is -2.44. The molecule has 0 aromatic heterocycles. The first-order chi connectivity index (χ1) is 13.5. The minimum Gasteiger partial charge on any atom is -0.508 e. The number of aliphatic hydroxyl groups excluding tert-OH is 1. The van der Waals surface area contributed by atoms with Crippen molar-refractivity contribution in [1.82, 2.24) is 5.32 Å². The highest BCUT2D eigenvalue weighted by molar-refractivity contribution is 5.82. The van der Waals surface area contributed by atoms with Gasteiger partial charge in [-0.15, -0.1) is 0 Å². The molecular weight excluding hydrogens is 348 g/mol. The quantitative estimate of drug-likeness (QED) is 0.546. The third-order valence-electron chi connectivity index (χ3n) is 5.87. The standard InChI is InChI=1S/C24H26N2O2/c1-4-20-18-9-15(2)12-24(20,21-7-5-16(3)26-22(21)11-18)25-13-17-6-8-23(28)19(10-17)14-27/h4-10,13,18,26-28H,3,11-12,14H2,1-2H3/b20-4+,25-13+. The molecule has 4 nitrogen and oxygen atoms in total. The molecule has 0 spiro atoms. The highest BCUT2D eigenvalue weighted by Crippen LogP contribution is 2.52. The number of nitrogens with one attached hydrogen (secondary N) is 1. The average Bonchev–Trinajstić information content (AvgIpc) is 2.66. The van der Waals surface area contributed by atoms with Gasteiger partial charge in [-0.2, -0.15) is 0 Å². The van der Waals surface area contributed by atoms with Crippen molar-refractivity contribution >= 4 is 6.21 Å². The Morgan fingerprint density at radius 3 is 2.93 bits per heavy atom. The Kier molecular flexibility index (Phi) is 4.60. The summed E-state index contributed by atoms with van der Waals surface area (Å²) in [6.45, 7) is 8.12. The predicted molar refractivity (Wildman–Crippen MR) is 113 cm³/mol. The summed E-state index contributed by atoms with van der Waals surface area (Å²) in [5, 5.41) is 22.7. The van der Waals surface area contributed by atoms with Gasteiger partial charge in [-0.1, -0.05) is 30.4 Å². The number of dihydropyridines is 1. The number of hydrogen-bond donors (Lipinski definition) is 3. The van der Waals surface area contributed by atoms with E-state index in [1.54, 1.807) is 12.1 Å². The number of aliphatic hydroxyl groups is 1. The van der Waals surface area contributed by atoms with E-state index < -0.39 is 5.54 Å². The summed E-state index contributed by atoms with van der Waals surface area (Å²) >= 11 is 0. The Hall–Kier alpha value is -2.85. The fourth-order valence-corrected chi connectivity index (χ4v) is 4.72. The van der Waals surface area contributed by atoms with Gasteiger partial charge in [0, 0.05) is 41.1 Å². The van der Waals surface area contributed by atoms with Gasteiger partial charge in [0.25, 0.3) is 0 Å². The molecule has 2 bridgehead atoms. The average molecular weight is 374 g/mol. The van der Waals surface area contributed by atoms with Gasteiger partial charge in [-0.05, 0) is 55.7 Å². The molecular formula is C24H26N2O2. The number of rotatable bonds is 3. The van der Waals surface area contributed by atoms with Crippen LogP contribution in [0.25, 0.3) is 0 Å². The van der Waals surface area contributed by atoms with Crippen LogP contribution in [0.1, 0.15) is 37.8 Å². The van der Waals surface area contributed by atoms with Crippen molar-refractivity contribution in [2.75, 3.05) is 0 Å². The van der Waals surface area contributed by atoms with E-state index in [-0.39, 0.29) is 12.4 Å². The van der Waals surface area contributed by atoms with Crippen LogP contribution in [-0.2, 0) is 6.61 Å². The SMILES string of the molecule is C=C1C=CC2=C(CC3C=C(C)CC2(/N=C/c2ccc(O)c(CO)c2)/C3=C/C)N1. The van der Waals surface area contributed by atoms with Crippen LogP contribution in [0.2, 0.25) is 0 Å². The first-order valence-corrected chi connectivity index (χ1v) is 9.66. The number of aromatic hydroxyl groups is 1. The number of nitrogens with zero attached hydrogens (tertiary/aromatic N) is 1. The summed E-state index contributed by atoms with van der Waals surface area (Å²) in [5.41, 5.74) is 6.91. The van der Waals surface area contributed by atoms with Gasteiger partial charge in [0.15, 0.2) is 0 Å². The topological polar surface area (TPSA) is 64.9 Å². The molecule has 144 valence electrons. The van der Waals surface area contributed by atoms with E-state index in [0.29, 0.717) is 11.5 Å². The Labute approximate surface area is 166 Å². The van der Waals surface area contributed by atoms with Gasteiger partial charge >= 0.3 is 0 Å². The summed E-state index contributed by atoms with van der Waals surface area (Å²) in [6.07, 6.45) is 12.4. The second kappa shape index (κ2) is 6.95. The lowest BCUT2D eigenvalue weighted by Gasteiger charge is -2.47. The minimum absolute atomic E-state index is 0.101. The molecule has 0 radical (unpaired) electrons. The highest BCUT2D eigenvalue weighted by Gasteiger charge is 2.47. The third kappa shape index (κ3) is 2.94. The number of hydrogen-bond acceptors (Lipinski definition) is 4. The molecule has 4 rings (SSSR count). The Balaban J connectivity index is 1.84. The first kappa shape index (κ1) is 18.5. The molecule has 0 amide bonds. The Bertz CT molecular complexity index is 994. The van der Waals surface area contributed by atoms with E-state index in [1.165, 1.54) is 22.4 Å². The van der Waals surface area contributed by atoms with Crippen molar-refractivity contribution in [3.8, 4) is 5.75 Å². The molecule has 3 aliphatic rings. The zero-order valence-electron chi connectivity index (χ0n) is 16.4. The molecule has 4 heteroatoms. The van der Waals surface area contributed by atoms with E-state index in [9.17, 15) is 10.2 Å². The molecule has 1 aliphatic heterocycles. The molecule has 2 aliphatic carbocycles. The summed E-state index contributed by atoms with van der Waals surface area (Å²) in [7, 11) is 0. The fourth-order valence-electron chi connectivity index (χ4n) is 4.72. The lowest BCUT2D eigenvalue weighted by molar-refractivity contribution is 0.275. The van der Waals surface area contributed by atoms with Gasteiger partial charge in [-0.25, -0.2) is 0 Å². The van der Waals surface area contributed by atoms with Crippen LogP contribution in [0.3, 0.4) is 0 Å². The third-order valence-corrected chi connectivity index (χ3v) is 5.87. The molecule has 2 unspecified atom stereocenters. The summed E-state index contributed by atoms with van der Waals surface area (Å²) in [4.78, 5) is 5.15. The summed E-state index contributed by atoms with van der Waals surface area (Å²) in [5.74, 6) is 0.429. The minimum atomic E-state index is -0.437. The van der Waals surface area contributed by atoms with Crippen molar-refractivity contribution < 1.29 is 10.2 Å². The molecule has 2 atom stereocenters. The molecule has 0 saturated heterocycles. The van der Waals surface area contributed by atoms with Crippen LogP contribution in [0, 0.1) is 5.92 Å². The van der Waals surface area contributed by atoms with Crippen molar-refractivity contribution in [2.45, 2.75) is 38.8 Å². The summed E-state index contributed by atoms with van der Waals surface area (Å²) < 4.78 is 0. The second-order valence-corrected chi connectivity index (χ2v) is 7.78. The summed E-state index contributed by atoms with van der Waals surface area (Å²) in [6, 6.07) is 5.21. The largest absolute Gasteiger partial charge is 0.508 e. The zero-order valence-corrected chi connectivity index (χ0v) is 16.4. The number of benzene rings is 1. The molecule has 1 aromatic carbocycles. The number of fused-ring (bicyclic) bond motifs is 3. The Morgan fingerprint density at radius 2 is 2.18 bits per heavy atom. The van der Waals surface area contributed by atoms with Gasteiger partial charge < -0.3 is 15.5 Å². The molecule has 3 N–H and O–H groups in total. The van der Waals surface area contributed by atoms with Gasteiger partial charge in [-0.3, -0.25) is 4.99 Å². The molecule has 0 fully saturated rings. The van der Waals surface area contributed by atoms with Gasteiger partial charge in [0.05, 0.1) is 6.61 Å². The maximum atomic E-state index is 9.83. The van der Waals surface area contributed by atoms with Crippen LogP contribution in [0.15, 0.2) is 82.2 Å². The fraction of sp³-hybridized carbons (Fsp3) is 0.292. The van der Waals surface area contributed by atoms with E-state index in [2.05, 4.69) is 44.0 Å². The van der Waals surface area contributed by atoms with Gasteiger partial charge in [0.1, 0.15) is 11.3 Å². The maximum Gasteiger partial charge on any atom is 0.121 e. The van der Waals surface area contributed by atoms with Crippen LogP contribution < -0.4 is 5.32 Å². The smallest absolute Gasteiger partial charge is 0.121 e. The lowest BCUT2D eigenvalue weighted by atomic mass is 9.62. The molecule has 1 aromatic rings. The van der Waals surface area contributed by atoms with Crippen LogP contribution in [0.5, 0.6) is 5.75 Å². The van der Waals surface area contributed by atoms with E-state index >= 15 is 0 Å². The van der Waals surface area contributed by atoms with Crippen molar-refractivity contribution in [2.24, 2.45) is 10.9 Å². The van der Waals surface area contributed by atoms with Crippen molar-refractivity contribution in [3.63, 3.8) is 0 Å². The molecule has 28 heavy (non-hydrogen) atoms. The zero-order chi connectivity index (χ0) is 19.9. The van der Waals surface area contributed by atoms with Gasteiger partial charge in [0.2, 0.25) is 0 Å². The molecule has 0 saturated carbocycles. The first-order valence-electron chi connectivity index (χ1n) is 9.66. The van der Waals surface area contributed by atoms with E-state index in [1.807, 2.05) is 18.4 Å². The Morgan fingerprint density at radius 1 is 1.36 bits per heavy atom. The number of allylic oxidation sites excluding steroid dienone is 4. The van der Waals surface area contributed by atoms with Crippen molar-refractivity contribution in [1.29, 1.82) is 0 Å². The van der Waals surface area contributed by atoms with Crippen LogP contribution in [-0.4, -0.2) is 22.0 Å². The van der Waals surface area contributed by atoms with E-state index in [0.717, 1.165) is 24.1 Å². The second-order valence-electron chi connectivity index (χ2n) is 7.78. The molecule has 1 heterocycles. The predicted octanol–water partition coefficient (Wildman–Crippen LogP) is 4.29. The number of aliphatic imine (C=N–C) groups is 1. The van der Waals surface area contributed by atoms with Crippen LogP contribution in [0.4, 0.5) is 0 Å². The van der Waals surface area contributed by atoms with Crippen LogP contribution >= 0.6 is 0 Å². The maximum absolute atomic E-state index is 9.83.